The molecule has 0 radical (unpaired) electrons. The fraction of sp³-hybridized carbons (Fsp3) is 0.143. The molecule has 0 amide bonds. The minimum atomic E-state index is -0.869. The van der Waals surface area contributed by atoms with Crippen molar-refractivity contribution in [1.82, 2.24) is 29.8 Å². The van der Waals surface area contributed by atoms with E-state index in [-0.39, 0.29) is 0 Å². The van der Waals surface area contributed by atoms with E-state index in [4.69, 9.17) is 19.8 Å². The maximum Gasteiger partial charge on any atom is 0.205 e. The fourth-order valence-corrected chi connectivity index (χ4v) is 7.41. The third kappa shape index (κ3) is 5.65. The number of benzene rings is 5. The maximum absolute atomic E-state index is 6.48. The molecule has 3 aromatic heterocycles. The Labute approximate surface area is 299 Å². The number of rotatable bonds is 11. The second-order valence-corrected chi connectivity index (χ2v) is 13.1. The Morgan fingerprint density at radius 1 is 0.720 bits per heavy atom. The SMILES string of the molecule is CCCCc1nccn1Cc1ccc2c(-c3ccccc3-c3nnn(C(c4ccccc4)(c4ccccc4)c4ccccc4)n3)oc(Br)c2c1. The van der Waals surface area contributed by atoms with Crippen LogP contribution in [0.5, 0.6) is 0 Å². The molecule has 0 fully saturated rings. The Hall–Kier alpha value is -5.60. The molecule has 0 spiro atoms. The lowest BCUT2D eigenvalue weighted by molar-refractivity contribution is 0.396. The minimum absolute atomic E-state index is 0.504. The van der Waals surface area contributed by atoms with Gasteiger partial charge in [0.2, 0.25) is 5.82 Å². The number of halogens is 1. The van der Waals surface area contributed by atoms with E-state index in [0.29, 0.717) is 10.5 Å². The summed E-state index contributed by atoms with van der Waals surface area (Å²) in [5, 5.41) is 16.7. The normalized spacial score (nSPS) is 11.7. The average molecular weight is 720 g/mol. The summed E-state index contributed by atoms with van der Waals surface area (Å²) in [5.41, 5.74) is 5.11. The van der Waals surface area contributed by atoms with Crippen LogP contribution in [0.3, 0.4) is 0 Å². The summed E-state index contributed by atoms with van der Waals surface area (Å²) in [6.07, 6.45) is 7.19. The molecular weight excluding hydrogens is 684 g/mol. The molecule has 0 N–H and O–H groups in total. The van der Waals surface area contributed by atoms with Crippen molar-refractivity contribution in [2.24, 2.45) is 0 Å². The van der Waals surface area contributed by atoms with Crippen molar-refractivity contribution < 1.29 is 4.42 Å². The van der Waals surface area contributed by atoms with E-state index in [1.54, 1.807) is 4.80 Å². The van der Waals surface area contributed by atoms with Gasteiger partial charge in [-0.2, -0.15) is 0 Å². The van der Waals surface area contributed by atoms with Crippen molar-refractivity contribution in [3.05, 3.63) is 179 Å². The summed E-state index contributed by atoms with van der Waals surface area (Å²) >= 11 is 3.73. The zero-order valence-electron chi connectivity index (χ0n) is 27.7. The molecule has 0 unspecified atom stereocenters. The molecule has 0 aliphatic rings. The van der Waals surface area contributed by atoms with E-state index >= 15 is 0 Å². The van der Waals surface area contributed by atoms with Crippen molar-refractivity contribution in [3.63, 3.8) is 0 Å². The lowest BCUT2D eigenvalue weighted by Gasteiger charge is -2.34. The molecular formula is C42H35BrN6O. The Balaban J connectivity index is 1.22. The molecule has 7 nitrogen and oxygen atoms in total. The number of hydrogen-bond acceptors (Lipinski definition) is 5. The summed E-state index contributed by atoms with van der Waals surface area (Å²) < 4.78 is 9.39. The number of unbranched alkanes of at least 4 members (excludes halogenated alkanes) is 1. The van der Waals surface area contributed by atoms with Crippen LogP contribution in [0.25, 0.3) is 33.5 Å². The molecule has 0 aliphatic carbocycles. The highest BCUT2D eigenvalue weighted by molar-refractivity contribution is 9.10. The van der Waals surface area contributed by atoms with Gasteiger partial charge in [0, 0.05) is 47.3 Å². The van der Waals surface area contributed by atoms with Crippen LogP contribution >= 0.6 is 15.9 Å². The van der Waals surface area contributed by atoms with Gasteiger partial charge in [-0.3, -0.25) is 0 Å². The molecule has 0 saturated carbocycles. The van der Waals surface area contributed by atoms with E-state index in [2.05, 4.69) is 136 Å². The summed E-state index contributed by atoms with van der Waals surface area (Å²) in [6.45, 7) is 2.95. The standard InChI is InChI=1S/C42H35BrN6O/c1-2-3-23-38-44-26-27-48(38)29-30-24-25-35-37(28-30)40(43)50-39(35)34-21-13-14-22-36(34)41-45-47-49(46-41)42(31-15-7-4-8-16-31,32-17-9-5-10-18-32)33-19-11-6-12-20-33/h4-22,24-28H,2-3,23,29H2,1H3. The van der Waals surface area contributed by atoms with Crippen LogP contribution in [0.4, 0.5) is 0 Å². The van der Waals surface area contributed by atoms with Gasteiger partial charge in [0.15, 0.2) is 10.2 Å². The first-order chi connectivity index (χ1) is 24.7. The van der Waals surface area contributed by atoms with Gasteiger partial charge in [-0.25, -0.2) is 4.98 Å². The van der Waals surface area contributed by atoms with Gasteiger partial charge in [-0.1, -0.05) is 141 Å². The molecule has 0 atom stereocenters. The second kappa shape index (κ2) is 13.7. The topological polar surface area (TPSA) is 74.6 Å². The van der Waals surface area contributed by atoms with Crippen LogP contribution < -0.4 is 0 Å². The lowest BCUT2D eigenvalue weighted by atomic mass is 9.77. The zero-order chi connectivity index (χ0) is 33.9. The third-order valence-corrected chi connectivity index (χ3v) is 9.93. The van der Waals surface area contributed by atoms with Crippen molar-refractivity contribution >= 4 is 26.7 Å². The number of aromatic nitrogens is 6. The van der Waals surface area contributed by atoms with E-state index in [0.717, 1.165) is 76.0 Å². The van der Waals surface area contributed by atoms with Crippen LogP contribution in [-0.2, 0) is 18.5 Å². The summed E-state index contributed by atoms with van der Waals surface area (Å²) in [7, 11) is 0. The molecule has 3 heterocycles. The number of furan rings is 1. The molecule has 50 heavy (non-hydrogen) atoms. The Morgan fingerprint density at radius 3 is 1.98 bits per heavy atom. The monoisotopic (exact) mass is 718 g/mol. The van der Waals surface area contributed by atoms with Crippen LogP contribution in [0.1, 0.15) is 47.8 Å². The van der Waals surface area contributed by atoms with Gasteiger partial charge in [0.25, 0.3) is 0 Å². The Kier molecular flexibility index (Phi) is 8.69. The highest BCUT2D eigenvalue weighted by Crippen LogP contribution is 2.43. The first-order valence-corrected chi connectivity index (χ1v) is 17.7. The Morgan fingerprint density at radius 2 is 1.34 bits per heavy atom. The fourth-order valence-electron chi connectivity index (χ4n) is 6.92. The molecule has 8 rings (SSSR count). The number of fused-ring (bicyclic) bond motifs is 1. The van der Waals surface area contributed by atoms with E-state index in [9.17, 15) is 0 Å². The molecule has 246 valence electrons. The highest BCUT2D eigenvalue weighted by atomic mass is 79.9. The van der Waals surface area contributed by atoms with Gasteiger partial charge in [0.05, 0.1) is 0 Å². The molecule has 5 aromatic carbocycles. The quantitative estimate of drug-likeness (QED) is 0.125. The summed E-state index contributed by atoms with van der Waals surface area (Å²) in [6, 6.07) is 45.7. The predicted octanol–water partition coefficient (Wildman–Crippen LogP) is 9.94. The Bertz CT molecular complexity index is 2270. The highest BCUT2D eigenvalue weighted by Gasteiger charge is 2.41. The average Bonchev–Trinajstić information content (AvgIpc) is 3.92. The minimum Gasteiger partial charge on any atom is -0.448 e. The molecule has 0 saturated heterocycles. The van der Waals surface area contributed by atoms with Gasteiger partial charge in [-0.15, -0.1) is 15.0 Å². The van der Waals surface area contributed by atoms with Gasteiger partial charge >= 0.3 is 0 Å². The molecule has 0 bridgehead atoms. The van der Waals surface area contributed by atoms with Crippen LogP contribution in [0.15, 0.2) is 155 Å². The summed E-state index contributed by atoms with van der Waals surface area (Å²) in [5.74, 6) is 2.37. The first kappa shape index (κ1) is 31.7. The second-order valence-electron chi connectivity index (χ2n) is 12.4. The van der Waals surface area contributed by atoms with E-state index in [1.807, 2.05) is 42.6 Å². The number of imidazole rings is 1. The number of hydrogen-bond donors (Lipinski definition) is 0. The van der Waals surface area contributed by atoms with Crippen LogP contribution in [0, 0.1) is 0 Å². The van der Waals surface area contributed by atoms with Crippen molar-refractivity contribution in [2.75, 3.05) is 0 Å². The number of aryl methyl sites for hydroxylation is 1. The smallest absolute Gasteiger partial charge is 0.205 e. The lowest BCUT2D eigenvalue weighted by Crippen LogP contribution is -2.39. The zero-order valence-corrected chi connectivity index (χ0v) is 29.2. The largest absolute Gasteiger partial charge is 0.448 e. The van der Waals surface area contributed by atoms with Gasteiger partial charge in [0.1, 0.15) is 11.6 Å². The maximum atomic E-state index is 6.48. The molecule has 8 aromatic rings. The van der Waals surface area contributed by atoms with E-state index < -0.39 is 5.54 Å². The predicted molar refractivity (Wildman–Crippen MR) is 201 cm³/mol. The van der Waals surface area contributed by atoms with E-state index in [1.165, 1.54) is 5.56 Å². The summed E-state index contributed by atoms with van der Waals surface area (Å²) in [4.78, 5) is 6.35. The number of tetrazole rings is 1. The van der Waals surface area contributed by atoms with Crippen LogP contribution in [-0.4, -0.2) is 29.8 Å². The van der Waals surface area contributed by atoms with Crippen LogP contribution in [0.2, 0.25) is 0 Å². The molecule has 0 aliphatic heterocycles. The van der Waals surface area contributed by atoms with Gasteiger partial charge < -0.3 is 8.98 Å². The third-order valence-electron chi connectivity index (χ3n) is 9.34. The van der Waals surface area contributed by atoms with Gasteiger partial charge in [-0.05, 0) is 55.9 Å². The van der Waals surface area contributed by atoms with Crippen molar-refractivity contribution in [2.45, 2.75) is 38.3 Å². The van der Waals surface area contributed by atoms with Crippen molar-refractivity contribution in [3.8, 4) is 22.7 Å². The molecule has 8 heteroatoms. The number of nitrogens with zero attached hydrogens (tertiary/aromatic N) is 6. The van der Waals surface area contributed by atoms with Crippen molar-refractivity contribution in [1.29, 1.82) is 0 Å². The first-order valence-electron chi connectivity index (χ1n) is 16.9.